The van der Waals surface area contributed by atoms with Gasteiger partial charge in [-0.15, -0.1) is 0 Å². The average molecular weight is 470 g/mol. The van der Waals surface area contributed by atoms with E-state index in [1.54, 1.807) is 13.0 Å². The molecule has 0 saturated heterocycles. The summed E-state index contributed by atoms with van der Waals surface area (Å²) in [7, 11) is 1.40. The molecular weight excluding hydrogens is 442 g/mol. The van der Waals surface area contributed by atoms with Crippen molar-refractivity contribution in [1.29, 1.82) is 0 Å². The maximum atomic E-state index is 12.5. The number of methoxy groups -OCH3 is 1. The van der Waals surface area contributed by atoms with Gasteiger partial charge in [0.05, 0.1) is 13.7 Å². The van der Waals surface area contributed by atoms with Gasteiger partial charge in [-0.3, -0.25) is 14.9 Å². The molecule has 1 aromatic rings. The van der Waals surface area contributed by atoms with Crippen molar-refractivity contribution in [2.45, 2.75) is 6.92 Å². The highest BCUT2D eigenvalue weighted by atomic mass is 32.1. The van der Waals surface area contributed by atoms with Crippen LogP contribution in [0.3, 0.4) is 0 Å². The Kier molecular flexibility index (Phi) is 11.5. The summed E-state index contributed by atoms with van der Waals surface area (Å²) in [4.78, 5) is 24.7. The van der Waals surface area contributed by atoms with Crippen molar-refractivity contribution >= 4 is 29.1 Å². The molecule has 1 aromatic carbocycles. The number of nitrogens with one attached hydrogen (secondary N) is 3. The molecule has 0 heterocycles. The zero-order chi connectivity index (χ0) is 24.8. The lowest BCUT2D eigenvalue weighted by molar-refractivity contribution is -0.116. The summed E-state index contributed by atoms with van der Waals surface area (Å²) in [6.45, 7) is 12.8. The molecule has 0 atom stereocenters. The first-order valence-electron chi connectivity index (χ1n) is 9.72. The van der Waals surface area contributed by atoms with Gasteiger partial charge in [-0.25, -0.2) is 0 Å². The molecule has 0 radical (unpaired) electrons. The third kappa shape index (κ3) is 8.50. The van der Waals surface area contributed by atoms with Crippen LogP contribution in [0.15, 0.2) is 85.8 Å². The highest BCUT2D eigenvalue weighted by molar-refractivity contribution is 7.80. The van der Waals surface area contributed by atoms with Gasteiger partial charge in [-0.2, -0.15) is 0 Å². The Morgan fingerprint density at radius 2 is 1.85 bits per heavy atom. The molecule has 0 aromatic heterocycles. The van der Waals surface area contributed by atoms with Gasteiger partial charge in [0.15, 0.2) is 16.6 Å². The van der Waals surface area contributed by atoms with E-state index in [1.165, 1.54) is 55.8 Å². The largest absolute Gasteiger partial charge is 0.504 e. The Morgan fingerprint density at radius 3 is 2.42 bits per heavy atom. The van der Waals surface area contributed by atoms with Crippen LogP contribution in [0.4, 0.5) is 0 Å². The van der Waals surface area contributed by atoms with Crippen LogP contribution >= 0.6 is 12.2 Å². The standard InChI is InChI=1S/C24H27N3O5S/c1-6-10-16(8-3)22(29)26-18(11-7-2)12-13-25-24(33)27-23(30)17-14-19(28)21(32-9-4)20(15-17)31-5/h6-8,10-15,28H,1-3,9H2,4-5H3,(H,26,29)(H2,25,27,30,33)/b13-12+,16-10+,18-11+. The number of phenols is 1. The lowest BCUT2D eigenvalue weighted by Crippen LogP contribution is -2.36. The number of hydrogen-bond donors (Lipinski definition) is 4. The number of rotatable bonds is 11. The summed E-state index contributed by atoms with van der Waals surface area (Å²) in [5, 5.41) is 18.0. The minimum Gasteiger partial charge on any atom is -0.504 e. The summed E-state index contributed by atoms with van der Waals surface area (Å²) >= 11 is 5.12. The van der Waals surface area contributed by atoms with Crippen LogP contribution in [-0.4, -0.2) is 35.8 Å². The number of ether oxygens (including phenoxy) is 2. The maximum absolute atomic E-state index is 12.5. The van der Waals surface area contributed by atoms with Crippen LogP contribution in [0.5, 0.6) is 17.2 Å². The Balaban J connectivity index is 2.83. The van der Waals surface area contributed by atoms with Crippen molar-refractivity contribution in [3.63, 3.8) is 0 Å². The molecule has 0 fully saturated rings. The number of benzene rings is 1. The van der Waals surface area contributed by atoms with Crippen LogP contribution in [0.25, 0.3) is 0 Å². The van der Waals surface area contributed by atoms with E-state index < -0.39 is 5.91 Å². The van der Waals surface area contributed by atoms with E-state index >= 15 is 0 Å². The molecule has 2 amide bonds. The number of phenolic OH excluding ortho intramolecular Hbond substituents is 1. The first kappa shape index (κ1) is 26.9. The normalized spacial score (nSPS) is 11.3. The van der Waals surface area contributed by atoms with Gasteiger partial charge in [0.1, 0.15) is 0 Å². The highest BCUT2D eigenvalue weighted by Gasteiger charge is 2.17. The van der Waals surface area contributed by atoms with Gasteiger partial charge in [-0.05, 0) is 43.4 Å². The minimum atomic E-state index is -0.571. The number of amides is 2. The van der Waals surface area contributed by atoms with Gasteiger partial charge in [0.2, 0.25) is 5.75 Å². The van der Waals surface area contributed by atoms with Gasteiger partial charge >= 0.3 is 0 Å². The van der Waals surface area contributed by atoms with E-state index in [4.69, 9.17) is 21.7 Å². The molecule has 0 bridgehead atoms. The molecule has 0 saturated carbocycles. The summed E-state index contributed by atoms with van der Waals surface area (Å²) in [5.41, 5.74) is 0.860. The van der Waals surface area contributed by atoms with Crippen molar-refractivity contribution in [2.24, 2.45) is 0 Å². The van der Waals surface area contributed by atoms with Crippen molar-refractivity contribution in [1.82, 2.24) is 16.0 Å². The predicted molar refractivity (Wildman–Crippen MR) is 133 cm³/mol. The molecule has 1 rings (SSSR count). The van der Waals surface area contributed by atoms with Gasteiger partial charge in [0.25, 0.3) is 11.8 Å². The van der Waals surface area contributed by atoms with E-state index in [1.807, 2.05) is 0 Å². The van der Waals surface area contributed by atoms with Crippen LogP contribution in [-0.2, 0) is 4.79 Å². The molecule has 0 unspecified atom stereocenters. The van der Waals surface area contributed by atoms with Crippen LogP contribution in [0, 0.1) is 0 Å². The average Bonchev–Trinajstić information content (AvgIpc) is 2.78. The second kappa shape index (κ2) is 14.0. The topological polar surface area (TPSA) is 109 Å². The lowest BCUT2D eigenvalue weighted by Gasteiger charge is -2.13. The zero-order valence-electron chi connectivity index (χ0n) is 18.5. The third-order valence-corrected chi connectivity index (χ3v) is 4.07. The molecular formula is C24H27N3O5S. The first-order chi connectivity index (χ1) is 15.8. The Labute approximate surface area is 198 Å². The number of hydrogen-bond acceptors (Lipinski definition) is 6. The Hall–Kier alpha value is -4.11. The predicted octanol–water partition coefficient (Wildman–Crippen LogP) is 3.40. The second-order valence-corrected chi connectivity index (χ2v) is 6.50. The van der Waals surface area contributed by atoms with E-state index in [0.29, 0.717) is 17.9 Å². The maximum Gasteiger partial charge on any atom is 0.257 e. The monoisotopic (exact) mass is 469 g/mol. The molecule has 4 N–H and O–H groups in total. The van der Waals surface area contributed by atoms with E-state index in [2.05, 4.69) is 35.7 Å². The Morgan fingerprint density at radius 1 is 1.15 bits per heavy atom. The lowest BCUT2D eigenvalue weighted by atomic mass is 10.1. The van der Waals surface area contributed by atoms with Crippen LogP contribution in [0.2, 0.25) is 0 Å². The molecule has 33 heavy (non-hydrogen) atoms. The quantitative estimate of drug-likeness (QED) is 0.223. The number of aromatic hydroxyl groups is 1. The Bertz CT molecular complexity index is 1030. The summed E-state index contributed by atoms with van der Waals surface area (Å²) in [5.74, 6) is -0.841. The molecule has 0 spiro atoms. The third-order valence-electron chi connectivity index (χ3n) is 3.85. The molecule has 9 heteroatoms. The molecule has 174 valence electrons. The van der Waals surface area contributed by atoms with Crippen molar-refractivity contribution in [3.05, 3.63) is 91.4 Å². The smallest absolute Gasteiger partial charge is 0.257 e. The molecule has 0 aliphatic carbocycles. The number of carbonyl (C=O) groups excluding carboxylic acids is 2. The van der Waals surface area contributed by atoms with Gasteiger partial charge < -0.3 is 25.2 Å². The van der Waals surface area contributed by atoms with E-state index in [0.717, 1.165) is 0 Å². The molecule has 8 nitrogen and oxygen atoms in total. The number of carbonyl (C=O) groups is 2. The van der Waals surface area contributed by atoms with E-state index in [9.17, 15) is 14.7 Å². The SMILES string of the molecule is C=C/C=C(\C=C\NC(=S)NC(=O)c1cc(O)c(OCC)c(OC)c1)NC(=O)/C(C=C)=C/C=C. The highest BCUT2D eigenvalue weighted by Crippen LogP contribution is 2.37. The fraction of sp³-hybridized carbons (Fsp3) is 0.125. The van der Waals surface area contributed by atoms with Gasteiger partial charge in [0, 0.05) is 23.0 Å². The number of allylic oxidation sites excluding steroid dienone is 5. The molecule has 0 aliphatic heterocycles. The van der Waals surface area contributed by atoms with Crippen molar-refractivity contribution in [2.75, 3.05) is 13.7 Å². The fourth-order valence-corrected chi connectivity index (χ4v) is 2.57. The second-order valence-electron chi connectivity index (χ2n) is 6.09. The van der Waals surface area contributed by atoms with Crippen LogP contribution < -0.4 is 25.4 Å². The first-order valence-corrected chi connectivity index (χ1v) is 10.1. The van der Waals surface area contributed by atoms with Crippen LogP contribution in [0.1, 0.15) is 17.3 Å². The summed E-state index contributed by atoms with van der Waals surface area (Å²) in [6, 6.07) is 2.67. The summed E-state index contributed by atoms with van der Waals surface area (Å²) < 4.78 is 10.5. The zero-order valence-corrected chi connectivity index (χ0v) is 19.3. The number of thiocarbonyl (C=S) groups is 1. The minimum absolute atomic E-state index is 0.00814. The fourth-order valence-electron chi connectivity index (χ4n) is 2.41. The van der Waals surface area contributed by atoms with Crippen molar-refractivity contribution in [3.8, 4) is 17.2 Å². The van der Waals surface area contributed by atoms with Gasteiger partial charge in [-0.1, -0.05) is 44.0 Å². The van der Waals surface area contributed by atoms with E-state index in [-0.39, 0.29) is 33.8 Å². The molecule has 0 aliphatic rings. The van der Waals surface area contributed by atoms with Crippen molar-refractivity contribution < 1.29 is 24.2 Å². The summed E-state index contributed by atoms with van der Waals surface area (Å²) in [6.07, 6.45) is 10.4.